The molecule has 2 aliphatic rings. The Hall–Kier alpha value is -4.57. The molecule has 4 aromatic rings. The van der Waals surface area contributed by atoms with Crippen molar-refractivity contribution in [1.82, 2.24) is 4.98 Å². The lowest BCUT2D eigenvalue weighted by atomic mass is 9.94. The summed E-state index contributed by atoms with van der Waals surface area (Å²) in [6, 6.07) is 15.0. The van der Waals surface area contributed by atoms with Crippen LogP contribution >= 0.6 is 11.3 Å². The minimum atomic E-state index is -0.967. The second-order valence-corrected chi connectivity index (χ2v) is 11.0. The van der Waals surface area contributed by atoms with E-state index in [1.807, 2.05) is 32.9 Å². The van der Waals surface area contributed by atoms with Gasteiger partial charge in [0.25, 0.3) is 5.78 Å². The number of aliphatic hydroxyl groups excluding tert-OH is 1. The predicted molar refractivity (Wildman–Crippen MR) is 160 cm³/mol. The number of anilines is 1. The van der Waals surface area contributed by atoms with Gasteiger partial charge in [0, 0.05) is 12.0 Å². The second-order valence-electron chi connectivity index (χ2n) is 10.0. The van der Waals surface area contributed by atoms with Crippen LogP contribution in [-0.4, -0.2) is 48.2 Å². The highest BCUT2D eigenvalue weighted by Gasteiger charge is 2.48. The van der Waals surface area contributed by atoms with E-state index in [4.69, 9.17) is 23.9 Å². The summed E-state index contributed by atoms with van der Waals surface area (Å²) in [5, 5.41) is 12.0. The van der Waals surface area contributed by atoms with Gasteiger partial charge in [-0.3, -0.25) is 14.5 Å². The number of benzene rings is 3. The van der Waals surface area contributed by atoms with E-state index in [0.29, 0.717) is 58.7 Å². The molecule has 9 nitrogen and oxygen atoms in total. The number of hydrogen-bond donors (Lipinski definition) is 1. The van der Waals surface area contributed by atoms with Crippen LogP contribution in [0.5, 0.6) is 23.0 Å². The fraction of sp³-hybridized carbons (Fsp3) is 0.281. The molecular formula is C32H30N2O7S. The first-order valence-electron chi connectivity index (χ1n) is 13.8. The number of amides is 1. The molecule has 0 aliphatic carbocycles. The number of thiazole rings is 1. The number of methoxy groups -OCH3 is 1. The van der Waals surface area contributed by atoms with E-state index >= 15 is 0 Å². The average molecular weight is 587 g/mol. The van der Waals surface area contributed by atoms with E-state index < -0.39 is 17.7 Å². The average Bonchev–Trinajstić information content (AvgIpc) is 3.65. The van der Waals surface area contributed by atoms with Crippen LogP contribution in [0.15, 0.2) is 60.2 Å². The van der Waals surface area contributed by atoms with Crippen molar-refractivity contribution in [2.45, 2.75) is 39.3 Å². The summed E-state index contributed by atoms with van der Waals surface area (Å²) in [5.74, 6) is 0.564. The number of aliphatic hydroxyl groups is 1. The number of carbonyl (C=O) groups is 2. The fourth-order valence-corrected chi connectivity index (χ4v) is 6.45. The minimum absolute atomic E-state index is 0.0153. The summed E-state index contributed by atoms with van der Waals surface area (Å²) in [6.07, 6.45) is 0.696. The maximum atomic E-state index is 13.7. The van der Waals surface area contributed by atoms with Crippen molar-refractivity contribution in [3.63, 3.8) is 0 Å². The quantitative estimate of drug-likeness (QED) is 0.151. The van der Waals surface area contributed by atoms with Crippen LogP contribution in [0.1, 0.15) is 43.5 Å². The molecule has 1 fully saturated rings. The molecular weight excluding hydrogens is 556 g/mol. The topological polar surface area (TPSA) is 107 Å². The summed E-state index contributed by atoms with van der Waals surface area (Å²) in [5.41, 5.74) is 2.55. The van der Waals surface area contributed by atoms with Crippen LogP contribution in [0.3, 0.4) is 0 Å². The molecule has 2 aliphatic heterocycles. The van der Waals surface area contributed by atoms with Crippen LogP contribution in [0.2, 0.25) is 0 Å². The summed E-state index contributed by atoms with van der Waals surface area (Å²) < 4.78 is 23.6. The molecule has 3 heterocycles. The summed E-state index contributed by atoms with van der Waals surface area (Å²) in [6.45, 7) is 6.54. The molecule has 0 radical (unpaired) electrons. The second kappa shape index (κ2) is 11.0. The van der Waals surface area contributed by atoms with Gasteiger partial charge >= 0.3 is 5.91 Å². The normalized spacial score (nSPS) is 19.2. The standard InChI is InChI=1S/C32H30N2O7S/c1-5-39-24-12-7-18(15-25(24)40-6-2)28-27(29(35)19-8-11-23-20(14-19)13-17(3)41-23)30(36)31(37)34(28)32-33-22-10-9-21(38-4)16-26(22)42-32/h7-12,14-17,28,35H,5-6,13H2,1-4H3/b29-27+/t17-,28-/m1/s1. The molecule has 0 unspecified atom stereocenters. The van der Waals surface area contributed by atoms with Crippen LogP contribution in [0, 0.1) is 0 Å². The zero-order valence-electron chi connectivity index (χ0n) is 23.7. The Morgan fingerprint density at radius 3 is 2.60 bits per heavy atom. The Balaban J connectivity index is 1.54. The molecule has 1 saturated heterocycles. The van der Waals surface area contributed by atoms with Gasteiger partial charge in [0.2, 0.25) is 0 Å². The van der Waals surface area contributed by atoms with E-state index in [-0.39, 0.29) is 17.4 Å². The van der Waals surface area contributed by atoms with Gasteiger partial charge in [0.1, 0.15) is 23.4 Å². The van der Waals surface area contributed by atoms with Crippen LogP contribution < -0.4 is 23.8 Å². The molecule has 1 aromatic heterocycles. The Kier molecular flexibility index (Phi) is 7.24. The molecule has 1 amide bonds. The molecule has 42 heavy (non-hydrogen) atoms. The zero-order valence-corrected chi connectivity index (χ0v) is 24.5. The number of Topliss-reactive ketones (excluding diaryl/α,β-unsaturated/α-hetero) is 1. The SMILES string of the molecule is CCOc1ccc([C@@H]2/C(=C(\O)c3ccc4c(c3)C[C@@H](C)O4)C(=O)C(=O)N2c2nc3ccc(OC)cc3s2)cc1OCC. The lowest BCUT2D eigenvalue weighted by Crippen LogP contribution is -2.29. The molecule has 216 valence electrons. The number of rotatable bonds is 8. The largest absolute Gasteiger partial charge is 0.507 e. The third-order valence-corrected chi connectivity index (χ3v) is 8.30. The Morgan fingerprint density at radius 1 is 1.05 bits per heavy atom. The summed E-state index contributed by atoms with van der Waals surface area (Å²) in [4.78, 5) is 33.5. The highest BCUT2D eigenvalue weighted by molar-refractivity contribution is 7.22. The molecule has 0 spiro atoms. The lowest BCUT2D eigenvalue weighted by molar-refractivity contribution is -0.132. The van der Waals surface area contributed by atoms with Gasteiger partial charge in [-0.25, -0.2) is 4.98 Å². The fourth-order valence-electron chi connectivity index (χ4n) is 5.43. The number of nitrogens with zero attached hydrogens (tertiary/aromatic N) is 2. The molecule has 3 aromatic carbocycles. The minimum Gasteiger partial charge on any atom is -0.507 e. The highest BCUT2D eigenvalue weighted by Crippen LogP contribution is 2.46. The van der Waals surface area contributed by atoms with Crippen molar-refractivity contribution in [2.24, 2.45) is 0 Å². The van der Waals surface area contributed by atoms with Crippen LogP contribution in [0.4, 0.5) is 5.13 Å². The molecule has 6 rings (SSSR count). The van der Waals surface area contributed by atoms with Crippen molar-refractivity contribution in [3.05, 3.63) is 76.9 Å². The number of aromatic nitrogens is 1. The number of fused-ring (bicyclic) bond motifs is 2. The van der Waals surface area contributed by atoms with Crippen molar-refractivity contribution < 1.29 is 33.6 Å². The third kappa shape index (κ3) is 4.71. The number of carbonyl (C=O) groups excluding carboxylic acids is 2. The molecule has 10 heteroatoms. The van der Waals surface area contributed by atoms with Crippen molar-refractivity contribution in [3.8, 4) is 23.0 Å². The molecule has 1 N–H and O–H groups in total. The Morgan fingerprint density at radius 2 is 1.83 bits per heavy atom. The van der Waals surface area contributed by atoms with E-state index in [9.17, 15) is 14.7 Å². The van der Waals surface area contributed by atoms with Crippen molar-refractivity contribution >= 4 is 44.1 Å². The van der Waals surface area contributed by atoms with E-state index in [0.717, 1.165) is 16.0 Å². The lowest BCUT2D eigenvalue weighted by Gasteiger charge is -2.24. The zero-order chi connectivity index (χ0) is 29.5. The van der Waals surface area contributed by atoms with Gasteiger partial charge in [-0.1, -0.05) is 17.4 Å². The maximum Gasteiger partial charge on any atom is 0.301 e. The van der Waals surface area contributed by atoms with E-state index in [1.54, 1.807) is 49.6 Å². The van der Waals surface area contributed by atoms with Gasteiger partial charge in [0.15, 0.2) is 16.6 Å². The third-order valence-electron chi connectivity index (χ3n) is 7.29. The highest BCUT2D eigenvalue weighted by atomic mass is 32.1. The van der Waals surface area contributed by atoms with Gasteiger partial charge in [-0.05, 0) is 80.4 Å². The Labute approximate surface area is 246 Å². The van der Waals surface area contributed by atoms with Gasteiger partial charge in [-0.2, -0.15) is 0 Å². The first-order chi connectivity index (χ1) is 20.3. The number of ketones is 1. The summed E-state index contributed by atoms with van der Waals surface area (Å²) >= 11 is 1.27. The summed E-state index contributed by atoms with van der Waals surface area (Å²) in [7, 11) is 1.58. The van der Waals surface area contributed by atoms with Gasteiger partial charge in [-0.15, -0.1) is 0 Å². The van der Waals surface area contributed by atoms with Crippen LogP contribution in [-0.2, 0) is 16.0 Å². The van der Waals surface area contributed by atoms with E-state index in [1.165, 1.54) is 16.2 Å². The first kappa shape index (κ1) is 27.6. The first-order valence-corrected chi connectivity index (χ1v) is 14.6. The predicted octanol–water partition coefficient (Wildman–Crippen LogP) is 6.05. The maximum absolute atomic E-state index is 13.7. The molecule has 0 saturated carbocycles. The number of hydrogen-bond acceptors (Lipinski definition) is 9. The van der Waals surface area contributed by atoms with Gasteiger partial charge in [0.05, 0.1) is 42.2 Å². The van der Waals surface area contributed by atoms with Gasteiger partial charge < -0.3 is 24.1 Å². The van der Waals surface area contributed by atoms with Crippen molar-refractivity contribution in [1.29, 1.82) is 0 Å². The Bertz CT molecular complexity index is 1740. The molecule has 2 atom stereocenters. The van der Waals surface area contributed by atoms with Crippen LogP contribution in [0.25, 0.3) is 16.0 Å². The van der Waals surface area contributed by atoms with Crippen molar-refractivity contribution in [2.75, 3.05) is 25.2 Å². The smallest absolute Gasteiger partial charge is 0.301 e. The monoisotopic (exact) mass is 586 g/mol. The molecule has 0 bridgehead atoms. The van der Waals surface area contributed by atoms with E-state index in [2.05, 4.69) is 0 Å². The number of ether oxygens (including phenoxy) is 4.